The molecule has 0 saturated carbocycles. The smallest absolute Gasteiger partial charge is 0.370 e. The number of benzene rings is 1. The number of alkyl halides is 3. The van der Waals surface area contributed by atoms with Gasteiger partial charge in [-0.05, 0) is 49.2 Å². The first-order valence-electron chi connectivity index (χ1n) is 10.4. The Morgan fingerprint density at radius 3 is 2.50 bits per heavy atom. The van der Waals surface area contributed by atoms with E-state index >= 15 is 0 Å². The fourth-order valence-corrected chi connectivity index (χ4v) is 3.45. The molecule has 3 N–H and O–H groups in total. The Labute approximate surface area is 195 Å². The minimum atomic E-state index is -4.60. The third-order valence-corrected chi connectivity index (χ3v) is 5.19. The van der Waals surface area contributed by atoms with Gasteiger partial charge in [0.1, 0.15) is 17.3 Å². The highest BCUT2D eigenvalue weighted by molar-refractivity contribution is 7.92. The number of carbonyl (C=O) groups excluding carboxylic acids is 1. The fraction of sp³-hybridized carbons (Fsp3) is 0.364. The minimum absolute atomic E-state index is 0.0106. The number of hydrogen-bond donors (Lipinski definition) is 3. The van der Waals surface area contributed by atoms with Crippen molar-refractivity contribution in [2.75, 3.05) is 22.8 Å². The molecule has 7 nitrogen and oxygen atoms in total. The number of aromatic nitrogens is 1. The molecular formula is C22H26F4N4O3S. The lowest BCUT2D eigenvalue weighted by Gasteiger charge is -2.15. The number of rotatable bonds is 10. The first-order valence-corrected chi connectivity index (χ1v) is 12.3. The second kappa shape index (κ2) is 11.3. The highest BCUT2D eigenvalue weighted by Gasteiger charge is 2.33. The van der Waals surface area contributed by atoms with Crippen molar-refractivity contribution in [2.45, 2.75) is 38.9 Å². The largest absolute Gasteiger partial charge is 0.433 e. The van der Waals surface area contributed by atoms with Crippen LogP contribution in [0.3, 0.4) is 0 Å². The molecule has 1 aromatic heterocycles. The lowest BCUT2D eigenvalue weighted by Crippen LogP contribution is -2.24. The standard InChI is InChI=1S/C22H26F4N4O3S/c1-4-5-12-27-21-15(7-10-19(29-21)22(24,25)26)8-11-20(31)28-14(2)16-6-9-18(17(23)13-16)30-34(3,32)33/h6-11,13-14,30H,4-5,12H2,1-3H3,(H,27,29)(H,28,31)/t14-/m1/s1. The summed E-state index contributed by atoms with van der Waals surface area (Å²) < 4.78 is 77.8. The summed E-state index contributed by atoms with van der Waals surface area (Å²) in [5.41, 5.74) is -0.578. The van der Waals surface area contributed by atoms with E-state index in [0.717, 1.165) is 37.3 Å². The second-order valence-electron chi connectivity index (χ2n) is 7.59. The number of carbonyl (C=O) groups is 1. The van der Waals surface area contributed by atoms with Crippen LogP contribution in [0.5, 0.6) is 0 Å². The Hall–Kier alpha value is -3.15. The van der Waals surface area contributed by atoms with Crippen LogP contribution in [0.15, 0.2) is 36.4 Å². The number of hydrogen-bond acceptors (Lipinski definition) is 5. The normalized spacial score (nSPS) is 13.0. The SMILES string of the molecule is CCCCNc1nc(C(F)(F)F)ccc1C=CC(=O)N[C@H](C)c1ccc(NS(C)(=O)=O)c(F)c1. The molecule has 1 heterocycles. The van der Waals surface area contributed by atoms with Gasteiger partial charge in [-0.15, -0.1) is 0 Å². The molecule has 0 radical (unpaired) electrons. The Bertz CT molecular complexity index is 1150. The summed E-state index contributed by atoms with van der Waals surface area (Å²) in [6.07, 6.45) is 0.340. The van der Waals surface area contributed by atoms with Gasteiger partial charge in [0.25, 0.3) is 0 Å². The molecule has 0 unspecified atom stereocenters. The zero-order chi connectivity index (χ0) is 25.5. The summed E-state index contributed by atoms with van der Waals surface area (Å²) in [6, 6.07) is 5.22. The maximum Gasteiger partial charge on any atom is 0.433 e. The minimum Gasteiger partial charge on any atom is -0.370 e. The van der Waals surface area contributed by atoms with Crippen LogP contribution in [-0.2, 0) is 21.0 Å². The zero-order valence-corrected chi connectivity index (χ0v) is 19.6. The Balaban J connectivity index is 2.13. The van der Waals surface area contributed by atoms with Crippen molar-refractivity contribution in [1.82, 2.24) is 10.3 Å². The Kier molecular flexibility index (Phi) is 9.02. The van der Waals surface area contributed by atoms with E-state index in [0.29, 0.717) is 17.7 Å². The molecule has 0 aliphatic carbocycles. The lowest BCUT2D eigenvalue weighted by atomic mass is 10.1. The molecule has 34 heavy (non-hydrogen) atoms. The van der Waals surface area contributed by atoms with Crippen LogP contribution in [0, 0.1) is 5.82 Å². The molecule has 2 aromatic rings. The fourth-order valence-electron chi connectivity index (χ4n) is 2.88. The van der Waals surface area contributed by atoms with Crippen molar-refractivity contribution in [1.29, 1.82) is 0 Å². The summed E-state index contributed by atoms with van der Waals surface area (Å²) in [6.45, 7) is 3.96. The Morgan fingerprint density at radius 2 is 1.91 bits per heavy atom. The average molecular weight is 503 g/mol. The van der Waals surface area contributed by atoms with Crippen LogP contribution in [0.2, 0.25) is 0 Å². The van der Waals surface area contributed by atoms with Gasteiger partial charge >= 0.3 is 6.18 Å². The van der Waals surface area contributed by atoms with E-state index in [4.69, 9.17) is 0 Å². The van der Waals surface area contributed by atoms with Crippen molar-refractivity contribution in [3.05, 3.63) is 59.0 Å². The van der Waals surface area contributed by atoms with E-state index in [9.17, 15) is 30.8 Å². The summed E-state index contributed by atoms with van der Waals surface area (Å²) in [5, 5.41) is 5.48. The van der Waals surface area contributed by atoms with Gasteiger partial charge in [0.05, 0.1) is 18.0 Å². The number of nitrogens with one attached hydrogen (secondary N) is 3. The van der Waals surface area contributed by atoms with Gasteiger partial charge in [-0.1, -0.05) is 19.4 Å². The monoisotopic (exact) mass is 502 g/mol. The van der Waals surface area contributed by atoms with Gasteiger partial charge in [0, 0.05) is 18.2 Å². The van der Waals surface area contributed by atoms with E-state index in [1.807, 2.05) is 11.6 Å². The van der Waals surface area contributed by atoms with Gasteiger partial charge in [0.2, 0.25) is 15.9 Å². The molecule has 1 amide bonds. The molecule has 2 rings (SSSR count). The van der Waals surface area contributed by atoms with Gasteiger partial charge < -0.3 is 10.6 Å². The van der Waals surface area contributed by atoms with Crippen LogP contribution in [-0.4, -0.2) is 32.1 Å². The van der Waals surface area contributed by atoms with Gasteiger partial charge in [-0.3, -0.25) is 9.52 Å². The third kappa shape index (κ3) is 8.32. The molecular weight excluding hydrogens is 476 g/mol. The van der Waals surface area contributed by atoms with Crippen molar-refractivity contribution in [2.24, 2.45) is 0 Å². The van der Waals surface area contributed by atoms with Gasteiger partial charge in [-0.25, -0.2) is 17.8 Å². The number of amides is 1. The number of nitrogens with zero attached hydrogens (tertiary/aromatic N) is 1. The third-order valence-electron chi connectivity index (χ3n) is 4.60. The molecule has 0 spiro atoms. The summed E-state index contributed by atoms with van der Waals surface area (Å²) >= 11 is 0. The molecule has 0 fully saturated rings. The molecule has 12 heteroatoms. The maximum absolute atomic E-state index is 14.2. The number of anilines is 2. The molecule has 0 bridgehead atoms. The zero-order valence-electron chi connectivity index (χ0n) is 18.8. The molecule has 1 atom stereocenters. The first-order chi connectivity index (χ1) is 15.8. The molecule has 0 aliphatic rings. The van der Waals surface area contributed by atoms with Gasteiger partial charge in [-0.2, -0.15) is 13.2 Å². The quantitative estimate of drug-likeness (QED) is 0.248. The summed E-state index contributed by atoms with van der Waals surface area (Å²) in [4.78, 5) is 16.0. The lowest BCUT2D eigenvalue weighted by molar-refractivity contribution is -0.141. The highest BCUT2D eigenvalue weighted by Crippen LogP contribution is 2.30. The molecule has 186 valence electrons. The number of sulfonamides is 1. The second-order valence-corrected chi connectivity index (χ2v) is 9.34. The molecule has 0 aliphatic heterocycles. The molecule has 0 saturated heterocycles. The number of pyridine rings is 1. The van der Waals surface area contributed by atoms with Crippen molar-refractivity contribution >= 4 is 33.5 Å². The number of halogens is 4. The van der Waals surface area contributed by atoms with Crippen molar-refractivity contribution in [3.63, 3.8) is 0 Å². The summed E-state index contributed by atoms with van der Waals surface area (Å²) in [7, 11) is -3.65. The van der Waals surface area contributed by atoms with E-state index in [1.165, 1.54) is 24.3 Å². The van der Waals surface area contributed by atoms with Crippen molar-refractivity contribution < 1.29 is 30.8 Å². The number of unbranched alkanes of at least 4 members (excludes halogenated alkanes) is 1. The van der Waals surface area contributed by atoms with Crippen LogP contribution >= 0.6 is 0 Å². The van der Waals surface area contributed by atoms with Crippen LogP contribution in [0.1, 0.15) is 49.6 Å². The van der Waals surface area contributed by atoms with E-state index in [2.05, 4.69) is 15.6 Å². The predicted molar refractivity (Wildman–Crippen MR) is 123 cm³/mol. The van der Waals surface area contributed by atoms with E-state index < -0.39 is 39.7 Å². The summed E-state index contributed by atoms with van der Waals surface area (Å²) in [5.74, 6) is -1.36. The first kappa shape index (κ1) is 27.1. The van der Waals surface area contributed by atoms with E-state index in [-0.39, 0.29) is 11.5 Å². The van der Waals surface area contributed by atoms with Crippen LogP contribution in [0.25, 0.3) is 6.08 Å². The highest BCUT2D eigenvalue weighted by atomic mass is 32.2. The molecule has 1 aromatic carbocycles. The average Bonchev–Trinajstić information content (AvgIpc) is 2.72. The van der Waals surface area contributed by atoms with Crippen LogP contribution in [0.4, 0.5) is 29.1 Å². The van der Waals surface area contributed by atoms with Gasteiger partial charge in [0.15, 0.2) is 0 Å². The van der Waals surface area contributed by atoms with Crippen molar-refractivity contribution in [3.8, 4) is 0 Å². The maximum atomic E-state index is 14.2. The predicted octanol–water partition coefficient (Wildman–Crippen LogP) is 4.71. The Morgan fingerprint density at radius 1 is 1.21 bits per heavy atom. The van der Waals surface area contributed by atoms with Crippen LogP contribution < -0.4 is 15.4 Å². The van der Waals surface area contributed by atoms with E-state index in [1.54, 1.807) is 6.92 Å². The topological polar surface area (TPSA) is 100 Å².